The lowest BCUT2D eigenvalue weighted by molar-refractivity contribution is 0.0741. The molecule has 0 saturated carbocycles. The Kier molecular flexibility index (Phi) is 5.48. The Labute approximate surface area is 147 Å². The smallest absolute Gasteiger partial charge is 0.272 e. The first-order valence-corrected chi connectivity index (χ1v) is 8.67. The zero-order valence-electron chi connectivity index (χ0n) is 14.4. The summed E-state index contributed by atoms with van der Waals surface area (Å²) < 4.78 is 13.0. The molecule has 0 atom stereocenters. The fourth-order valence-corrected chi connectivity index (χ4v) is 2.91. The van der Waals surface area contributed by atoms with Crippen molar-refractivity contribution in [2.24, 2.45) is 0 Å². The van der Waals surface area contributed by atoms with Crippen LogP contribution in [0.3, 0.4) is 0 Å². The van der Waals surface area contributed by atoms with E-state index < -0.39 is 0 Å². The number of pyridine rings is 1. The number of benzene rings is 1. The minimum absolute atomic E-state index is 0.0427. The number of nitrogens with one attached hydrogen (secondary N) is 1. The third-order valence-electron chi connectivity index (χ3n) is 4.32. The molecule has 1 fully saturated rings. The molecular weight excluding hydrogens is 319 g/mol. The SMILES string of the molecule is CCCNc1ccnc(C(=O)N2CCN(c3ccc(F)cc3)CC2)c1. The van der Waals surface area contributed by atoms with Gasteiger partial charge in [0, 0.05) is 50.3 Å². The van der Waals surface area contributed by atoms with Crippen LogP contribution in [-0.2, 0) is 0 Å². The van der Waals surface area contributed by atoms with Crippen LogP contribution in [0.25, 0.3) is 0 Å². The Morgan fingerprint density at radius 2 is 1.88 bits per heavy atom. The third kappa shape index (κ3) is 4.26. The number of nitrogens with zero attached hydrogens (tertiary/aromatic N) is 3. The summed E-state index contributed by atoms with van der Waals surface area (Å²) in [6.07, 6.45) is 2.69. The van der Waals surface area contributed by atoms with Crippen LogP contribution < -0.4 is 10.2 Å². The molecule has 1 saturated heterocycles. The monoisotopic (exact) mass is 342 g/mol. The highest BCUT2D eigenvalue weighted by Gasteiger charge is 2.23. The molecule has 1 aliphatic heterocycles. The summed E-state index contributed by atoms with van der Waals surface area (Å²) in [7, 11) is 0. The van der Waals surface area contributed by atoms with Crippen molar-refractivity contribution in [2.75, 3.05) is 42.9 Å². The highest BCUT2D eigenvalue weighted by molar-refractivity contribution is 5.93. The molecule has 2 heterocycles. The predicted octanol–water partition coefficient (Wildman–Crippen LogP) is 3.01. The van der Waals surface area contributed by atoms with E-state index in [4.69, 9.17) is 0 Å². The lowest BCUT2D eigenvalue weighted by Crippen LogP contribution is -2.49. The molecule has 0 unspecified atom stereocenters. The average molecular weight is 342 g/mol. The molecule has 1 amide bonds. The van der Waals surface area contributed by atoms with Gasteiger partial charge in [0.05, 0.1) is 0 Å². The maximum Gasteiger partial charge on any atom is 0.272 e. The fraction of sp³-hybridized carbons (Fsp3) is 0.368. The van der Waals surface area contributed by atoms with Crippen molar-refractivity contribution in [2.45, 2.75) is 13.3 Å². The third-order valence-corrected chi connectivity index (χ3v) is 4.32. The number of halogens is 1. The van der Waals surface area contributed by atoms with Crippen LogP contribution >= 0.6 is 0 Å². The van der Waals surface area contributed by atoms with Gasteiger partial charge in [-0.15, -0.1) is 0 Å². The van der Waals surface area contributed by atoms with Gasteiger partial charge in [0.1, 0.15) is 11.5 Å². The summed E-state index contributed by atoms with van der Waals surface area (Å²) in [6, 6.07) is 10.2. The molecule has 0 radical (unpaired) electrons. The molecule has 25 heavy (non-hydrogen) atoms. The van der Waals surface area contributed by atoms with E-state index in [9.17, 15) is 9.18 Å². The van der Waals surface area contributed by atoms with Gasteiger partial charge in [0.25, 0.3) is 5.91 Å². The molecule has 1 aromatic carbocycles. The Hall–Kier alpha value is -2.63. The van der Waals surface area contributed by atoms with Gasteiger partial charge in [-0.05, 0) is 42.8 Å². The quantitative estimate of drug-likeness (QED) is 0.907. The van der Waals surface area contributed by atoms with E-state index in [1.165, 1.54) is 12.1 Å². The summed E-state index contributed by atoms with van der Waals surface area (Å²) >= 11 is 0. The van der Waals surface area contributed by atoms with E-state index in [0.717, 1.165) is 37.4 Å². The van der Waals surface area contributed by atoms with Crippen LogP contribution in [0, 0.1) is 5.82 Å². The summed E-state index contributed by atoms with van der Waals surface area (Å²) in [4.78, 5) is 20.9. The number of hydrogen-bond donors (Lipinski definition) is 1. The summed E-state index contributed by atoms with van der Waals surface area (Å²) in [5, 5.41) is 3.28. The molecule has 5 nitrogen and oxygen atoms in total. The zero-order valence-corrected chi connectivity index (χ0v) is 14.4. The fourth-order valence-electron chi connectivity index (χ4n) is 2.91. The van der Waals surface area contributed by atoms with Crippen molar-refractivity contribution in [3.8, 4) is 0 Å². The van der Waals surface area contributed by atoms with Crippen LogP contribution in [0.2, 0.25) is 0 Å². The van der Waals surface area contributed by atoms with E-state index in [1.807, 2.05) is 17.0 Å². The second-order valence-corrected chi connectivity index (χ2v) is 6.11. The van der Waals surface area contributed by atoms with Crippen molar-refractivity contribution in [1.29, 1.82) is 0 Å². The summed E-state index contributed by atoms with van der Waals surface area (Å²) in [6.45, 7) is 5.68. The second kappa shape index (κ2) is 7.96. The van der Waals surface area contributed by atoms with Crippen molar-refractivity contribution in [3.05, 3.63) is 54.1 Å². The Balaban J connectivity index is 1.60. The van der Waals surface area contributed by atoms with Gasteiger partial charge in [-0.1, -0.05) is 6.92 Å². The van der Waals surface area contributed by atoms with Crippen LogP contribution in [0.1, 0.15) is 23.8 Å². The summed E-state index contributed by atoms with van der Waals surface area (Å²) in [5.74, 6) is -0.279. The van der Waals surface area contributed by atoms with E-state index in [-0.39, 0.29) is 11.7 Å². The standard InChI is InChI=1S/C19H23FN4O/c1-2-8-21-16-7-9-22-18(14-16)19(25)24-12-10-23(11-13-24)17-5-3-15(20)4-6-17/h3-7,9,14H,2,8,10-13H2,1H3,(H,21,22). The number of carbonyl (C=O) groups excluding carboxylic acids is 1. The molecule has 132 valence electrons. The second-order valence-electron chi connectivity index (χ2n) is 6.11. The van der Waals surface area contributed by atoms with E-state index >= 15 is 0 Å². The van der Waals surface area contributed by atoms with Crippen molar-refractivity contribution < 1.29 is 9.18 Å². The van der Waals surface area contributed by atoms with Gasteiger partial charge in [0.15, 0.2) is 0 Å². The van der Waals surface area contributed by atoms with Gasteiger partial charge in [-0.3, -0.25) is 9.78 Å². The van der Waals surface area contributed by atoms with E-state index in [0.29, 0.717) is 18.8 Å². The number of rotatable bonds is 5. The van der Waals surface area contributed by atoms with Crippen molar-refractivity contribution in [3.63, 3.8) is 0 Å². The topological polar surface area (TPSA) is 48.5 Å². The van der Waals surface area contributed by atoms with Gasteiger partial charge < -0.3 is 15.1 Å². The Bertz CT molecular complexity index is 712. The number of aromatic nitrogens is 1. The molecule has 6 heteroatoms. The summed E-state index contributed by atoms with van der Waals surface area (Å²) in [5.41, 5.74) is 2.37. The lowest BCUT2D eigenvalue weighted by Gasteiger charge is -2.36. The maximum atomic E-state index is 13.0. The van der Waals surface area contributed by atoms with Crippen molar-refractivity contribution in [1.82, 2.24) is 9.88 Å². The van der Waals surface area contributed by atoms with Crippen LogP contribution in [0.15, 0.2) is 42.6 Å². The Morgan fingerprint density at radius 3 is 2.56 bits per heavy atom. The molecule has 1 N–H and O–H groups in total. The van der Waals surface area contributed by atoms with Crippen LogP contribution in [-0.4, -0.2) is 48.5 Å². The van der Waals surface area contributed by atoms with Gasteiger partial charge >= 0.3 is 0 Å². The molecule has 0 bridgehead atoms. The molecule has 1 aliphatic rings. The first-order valence-electron chi connectivity index (χ1n) is 8.67. The number of hydrogen-bond acceptors (Lipinski definition) is 4. The predicted molar refractivity (Wildman–Crippen MR) is 97.5 cm³/mol. The molecule has 0 aliphatic carbocycles. The molecular formula is C19H23FN4O. The van der Waals surface area contributed by atoms with Gasteiger partial charge in [0.2, 0.25) is 0 Å². The van der Waals surface area contributed by atoms with Crippen molar-refractivity contribution >= 4 is 17.3 Å². The highest BCUT2D eigenvalue weighted by atomic mass is 19.1. The van der Waals surface area contributed by atoms with Crippen LogP contribution in [0.4, 0.5) is 15.8 Å². The van der Waals surface area contributed by atoms with Crippen LogP contribution in [0.5, 0.6) is 0 Å². The highest BCUT2D eigenvalue weighted by Crippen LogP contribution is 2.18. The first-order chi connectivity index (χ1) is 12.2. The number of anilines is 2. The van der Waals surface area contributed by atoms with Gasteiger partial charge in [-0.25, -0.2) is 4.39 Å². The number of amides is 1. The molecule has 0 spiro atoms. The minimum Gasteiger partial charge on any atom is -0.385 e. The lowest BCUT2D eigenvalue weighted by atomic mass is 10.2. The molecule has 1 aromatic heterocycles. The Morgan fingerprint density at radius 1 is 1.16 bits per heavy atom. The zero-order chi connectivity index (χ0) is 17.6. The van der Waals surface area contributed by atoms with E-state index in [2.05, 4.69) is 22.1 Å². The normalized spacial score (nSPS) is 14.5. The number of carbonyl (C=O) groups is 1. The number of piperazine rings is 1. The van der Waals surface area contributed by atoms with E-state index in [1.54, 1.807) is 18.3 Å². The molecule has 2 aromatic rings. The largest absolute Gasteiger partial charge is 0.385 e. The van der Waals surface area contributed by atoms with Gasteiger partial charge in [-0.2, -0.15) is 0 Å². The minimum atomic E-state index is -0.236. The maximum absolute atomic E-state index is 13.0. The molecule has 3 rings (SSSR count). The first kappa shape index (κ1) is 17.2. The average Bonchev–Trinajstić information content (AvgIpc) is 2.67.